The number of carboxylic acids is 1. The molecular weight excluding hydrogens is 354 g/mol. The largest absolute Gasteiger partial charge is 0.478 e. The summed E-state index contributed by atoms with van der Waals surface area (Å²) in [5.74, 6) is -0.697. The Labute approximate surface area is 154 Å². The van der Waals surface area contributed by atoms with E-state index in [2.05, 4.69) is 10.3 Å². The molecule has 2 heterocycles. The summed E-state index contributed by atoms with van der Waals surface area (Å²) in [6, 6.07) is 13.8. The van der Waals surface area contributed by atoms with Crippen LogP contribution in [0, 0.1) is 0 Å². The molecule has 0 aliphatic carbocycles. The maximum Gasteiger partial charge on any atom is 0.335 e. The molecular formula is C19H14ClN3O3. The number of carbonyl (C=O) groups is 2. The molecule has 7 heteroatoms. The molecule has 1 aliphatic rings. The Balaban J connectivity index is 1.76. The van der Waals surface area contributed by atoms with E-state index in [-0.39, 0.29) is 23.8 Å². The van der Waals surface area contributed by atoms with Gasteiger partial charge >= 0.3 is 5.97 Å². The number of aromatic carboxylic acids is 1. The van der Waals surface area contributed by atoms with E-state index in [1.807, 2.05) is 12.1 Å². The molecule has 1 amide bonds. The first-order chi connectivity index (χ1) is 12.5. The lowest BCUT2D eigenvalue weighted by Crippen LogP contribution is -2.24. The highest BCUT2D eigenvalue weighted by Gasteiger charge is 2.31. The van der Waals surface area contributed by atoms with Crippen LogP contribution in [0.3, 0.4) is 0 Å². The van der Waals surface area contributed by atoms with Crippen molar-refractivity contribution in [3.8, 4) is 5.69 Å². The Morgan fingerprint density at radius 2 is 1.85 bits per heavy atom. The fourth-order valence-electron chi connectivity index (χ4n) is 3.14. The van der Waals surface area contributed by atoms with Crippen LogP contribution in [0.2, 0.25) is 5.02 Å². The Morgan fingerprint density at radius 1 is 1.15 bits per heavy atom. The minimum Gasteiger partial charge on any atom is -0.478 e. The summed E-state index contributed by atoms with van der Waals surface area (Å²) in [7, 11) is 0. The van der Waals surface area contributed by atoms with E-state index >= 15 is 0 Å². The van der Waals surface area contributed by atoms with Gasteiger partial charge in [0.1, 0.15) is 12.1 Å². The smallest absolute Gasteiger partial charge is 0.335 e. The first kappa shape index (κ1) is 16.4. The van der Waals surface area contributed by atoms with E-state index in [9.17, 15) is 9.59 Å². The zero-order valence-electron chi connectivity index (χ0n) is 13.5. The lowest BCUT2D eigenvalue weighted by Gasteiger charge is -2.23. The maximum atomic E-state index is 12.3. The fourth-order valence-corrected chi connectivity index (χ4v) is 3.26. The van der Waals surface area contributed by atoms with Gasteiger partial charge in [-0.3, -0.25) is 9.36 Å². The second-order valence-electron chi connectivity index (χ2n) is 6.06. The molecule has 1 aliphatic heterocycles. The number of rotatable bonds is 3. The number of anilines is 1. The van der Waals surface area contributed by atoms with Gasteiger partial charge in [-0.25, -0.2) is 9.78 Å². The highest BCUT2D eigenvalue weighted by Crippen LogP contribution is 2.37. The second kappa shape index (κ2) is 6.31. The number of hydrogen-bond acceptors (Lipinski definition) is 3. The van der Waals surface area contributed by atoms with E-state index in [0.717, 1.165) is 16.9 Å². The summed E-state index contributed by atoms with van der Waals surface area (Å²) in [6.45, 7) is 0. The predicted molar refractivity (Wildman–Crippen MR) is 97.1 cm³/mol. The van der Waals surface area contributed by atoms with Crippen molar-refractivity contribution in [1.82, 2.24) is 9.55 Å². The minimum absolute atomic E-state index is 0.111. The lowest BCUT2D eigenvalue weighted by atomic mass is 9.89. The van der Waals surface area contributed by atoms with Gasteiger partial charge in [0.25, 0.3) is 0 Å². The van der Waals surface area contributed by atoms with Crippen molar-refractivity contribution in [2.75, 3.05) is 5.32 Å². The molecule has 2 aromatic carbocycles. The molecule has 130 valence electrons. The molecule has 2 N–H and O–H groups in total. The van der Waals surface area contributed by atoms with Gasteiger partial charge in [-0.15, -0.1) is 0 Å². The molecule has 26 heavy (non-hydrogen) atoms. The van der Waals surface area contributed by atoms with Crippen molar-refractivity contribution in [1.29, 1.82) is 0 Å². The van der Waals surface area contributed by atoms with Gasteiger partial charge in [-0.05, 0) is 42.0 Å². The van der Waals surface area contributed by atoms with Crippen LogP contribution in [0.1, 0.15) is 34.0 Å². The number of nitrogens with zero attached hydrogens (tertiary/aromatic N) is 2. The Morgan fingerprint density at radius 3 is 2.50 bits per heavy atom. The van der Waals surface area contributed by atoms with Gasteiger partial charge in [-0.2, -0.15) is 0 Å². The number of aromatic nitrogens is 2. The van der Waals surface area contributed by atoms with Crippen LogP contribution in [0.4, 0.5) is 5.82 Å². The highest BCUT2D eigenvalue weighted by molar-refractivity contribution is 6.30. The van der Waals surface area contributed by atoms with Crippen molar-refractivity contribution in [3.05, 3.63) is 76.7 Å². The van der Waals surface area contributed by atoms with E-state index in [4.69, 9.17) is 16.7 Å². The molecule has 0 saturated carbocycles. The van der Waals surface area contributed by atoms with E-state index in [1.165, 1.54) is 0 Å². The van der Waals surface area contributed by atoms with Gasteiger partial charge in [0.2, 0.25) is 5.91 Å². The molecule has 6 nitrogen and oxygen atoms in total. The quantitative estimate of drug-likeness (QED) is 0.739. The molecule has 0 radical (unpaired) electrons. The maximum absolute atomic E-state index is 12.3. The number of imidazole rings is 1. The van der Waals surface area contributed by atoms with Gasteiger partial charge in [0.05, 0.1) is 11.3 Å². The number of halogens is 1. The second-order valence-corrected chi connectivity index (χ2v) is 6.49. The number of carboxylic acid groups (broad SMARTS) is 1. The van der Waals surface area contributed by atoms with Gasteiger partial charge in [0, 0.05) is 23.0 Å². The van der Waals surface area contributed by atoms with Crippen LogP contribution < -0.4 is 5.32 Å². The highest BCUT2D eigenvalue weighted by atomic mass is 35.5. The van der Waals surface area contributed by atoms with Gasteiger partial charge < -0.3 is 10.4 Å². The van der Waals surface area contributed by atoms with Crippen molar-refractivity contribution in [3.63, 3.8) is 0 Å². The average Bonchev–Trinajstić information content (AvgIpc) is 3.05. The van der Waals surface area contributed by atoms with Crippen LogP contribution in [0.15, 0.2) is 54.9 Å². The third kappa shape index (κ3) is 2.84. The van der Waals surface area contributed by atoms with Crippen molar-refractivity contribution < 1.29 is 14.7 Å². The van der Waals surface area contributed by atoms with Crippen LogP contribution in [0.25, 0.3) is 5.69 Å². The number of benzene rings is 2. The Hall–Kier alpha value is -3.12. The molecule has 0 spiro atoms. The summed E-state index contributed by atoms with van der Waals surface area (Å²) in [5, 5.41) is 12.6. The standard InChI is InChI=1S/C19H14ClN3O3/c20-13-5-7-14(8-6-13)23-10-21-17-15(9-16(24)22-18(17)23)11-1-3-12(4-2-11)19(25)26/h1-8,10,15H,9H2,(H,22,24)(H,25,26)/t15-/m0/s1. The predicted octanol–water partition coefficient (Wildman–Crippen LogP) is 3.70. The first-order valence-electron chi connectivity index (χ1n) is 7.99. The Kier molecular flexibility index (Phi) is 3.97. The minimum atomic E-state index is -0.981. The van der Waals surface area contributed by atoms with Crippen LogP contribution in [-0.4, -0.2) is 26.5 Å². The molecule has 0 fully saturated rings. The number of hydrogen-bond donors (Lipinski definition) is 2. The molecule has 0 unspecified atom stereocenters. The normalized spacial score (nSPS) is 16.0. The summed E-state index contributed by atoms with van der Waals surface area (Å²) in [5.41, 5.74) is 2.65. The lowest BCUT2D eigenvalue weighted by molar-refractivity contribution is -0.116. The third-order valence-corrected chi connectivity index (χ3v) is 4.69. The summed E-state index contributed by atoms with van der Waals surface area (Å²) in [6.07, 6.45) is 1.93. The topological polar surface area (TPSA) is 84.2 Å². The number of nitrogens with one attached hydrogen (secondary N) is 1. The van der Waals surface area contributed by atoms with Crippen molar-refractivity contribution in [2.45, 2.75) is 12.3 Å². The zero-order valence-corrected chi connectivity index (χ0v) is 14.3. The molecule has 4 rings (SSSR count). The monoisotopic (exact) mass is 367 g/mol. The molecule has 1 atom stereocenters. The number of carbonyl (C=O) groups excluding carboxylic acids is 1. The van der Waals surface area contributed by atoms with Crippen molar-refractivity contribution >= 4 is 29.3 Å². The zero-order chi connectivity index (χ0) is 18.3. The average molecular weight is 368 g/mol. The summed E-state index contributed by atoms with van der Waals surface area (Å²) >= 11 is 5.94. The SMILES string of the molecule is O=C1C[C@@H](c2ccc(C(=O)O)cc2)c2ncn(-c3ccc(Cl)cc3)c2N1. The summed E-state index contributed by atoms with van der Waals surface area (Å²) < 4.78 is 1.81. The van der Waals surface area contributed by atoms with Gasteiger partial charge in [0.15, 0.2) is 0 Å². The van der Waals surface area contributed by atoms with Crippen molar-refractivity contribution in [2.24, 2.45) is 0 Å². The molecule has 0 bridgehead atoms. The fraction of sp³-hybridized carbons (Fsp3) is 0.105. The van der Waals surface area contributed by atoms with Crippen LogP contribution in [-0.2, 0) is 4.79 Å². The Bertz CT molecular complexity index is 994. The molecule has 1 aromatic heterocycles. The van der Waals surface area contributed by atoms with E-state index < -0.39 is 5.97 Å². The van der Waals surface area contributed by atoms with Crippen LogP contribution in [0.5, 0.6) is 0 Å². The molecule has 3 aromatic rings. The summed E-state index contributed by atoms with van der Waals surface area (Å²) in [4.78, 5) is 27.8. The van der Waals surface area contributed by atoms with E-state index in [1.54, 1.807) is 47.3 Å². The third-order valence-electron chi connectivity index (χ3n) is 4.44. The van der Waals surface area contributed by atoms with Gasteiger partial charge in [-0.1, -0.05) is 23.7 Å². The van der Waals surface area contributed by atoms with Crippen LogP contribution >= 0.6 is 11.6 Å². The first-order valence-corrected chi connectivity index (χ1v) is 8.37. The molecule has 0 saturated heterocycles. The van der Waals surface area contributed by atoms with E-state index in [0.29, 0.717) is 10.8 Å². The number of fused-ring (bicyclic) bond motifs is 1. The number of amides is 1.